The van der Waals surface area contributed by atoms with Crippen LogP contribution in [0.15, 0.2) is 0 Å². The molecule has 76 valence electrons. The number of ether oxygens (including phenoxy) is 1. The highest BCUT2D eigenvalue weighted by Crippen LogP contribution is 1.73. The maximum absolute atomic E-state index is 10.9. The Bertz CT molecular complexity index is 171. The van der Waals surface area contributed by atoms with Gasteiger partial charge in [-0.25, -0.2) is 0 Å². The highest BCUT2D eigenvalue weighted by Gasteiger charge is 2.10. The Morgan fingerprint density at radius 2 is 1.69 bits per heavy atom. The average molecular weight is 188 g/mol. The molecule has 0 aromatic rings. The summed E-state index contributed by atoms with van der Waals surface area (Å²) < 4.78 is 4.71. The molecule has 0 atom stereocenters. The molecule has 2 amide bonds. The van der Waals surface area contributed by atoms with Crippen molar-refractivity contribution in [3.63, 3.8) is 0 Å². The maximum Gasteiger partial charge on any atom is 0.309 e. The SMILES string of the molecule is CCCNC(=O)C(=O)NCCOC. The number of nitrogens with one attached hydrogen (secondary N) is 2. The van der Waals surface area contributed by atoms with Gasteiger partial charge in [-0.1, -0.05) is 6.92 Å². The van der Waals surface area contributed by atoms with Gasteiger partial charge in [0.2, 0.25) is 0 Å². The van der Waals surface area contributed by atoms with Crippen LogP contribution in [0.4, 0.5) is 0 Å². The molecule has 5 heteroatoms. The fraction of sp³-hybridized carbons (Fsp3) is 0.750. The quantitative estimate of drug-likeness (QED) is 0.442. The molecular weight excluding hydrogens is 172 g/mol. The molecule has 0 spiro atoms. The number of methoxy groups -OCH3 is 1. The van der Waals surface area contributed by atoms with E-state index in [1.165, 1.54) is 7.11 Å². The van der Waals surface area contributed by atoms with Crippen LogP contribution in [0.1, 0.15) is 13.3 Å². The van der Waals surface area contributed by atoms with E-state index in [0.717, 1.165) is 6.42 Å². The van der Waals surface area contributed by atoms with Gasteiger partial charge in [0.15, 0.2) is 0 Å². The maximum atomic E-state index is 10.9. The summed E-state index contributed by atoms with van der Waals surface area (Å²) >= 11 is 0. The minimum Gasteiger partial charge on any atom is -0.383 e. The van der Waals surface area contributed by atoms with Gasteiger partial charge in [-0.05, 0) is 6.42 Å². The van der Waals surface area contributed by atoms with Crippen LogP contribution < -0.4 is 10.6 Å². The lowest BCUT2D eigenvalue weighted by molar-refractivity contribution is -0.139. The standard InChI is InChI=1S/C8H16N2O3/c1-3-4-9-7(11)8(12)10-5-6-13-2/h3-6H2,1-2H3,(H,9,11)(H,10,12). The normalized spacial score (nSPS) is 9.38. The first kappa shape index (κ1) is 11.9. The van der Waals surface area contributed by atoms with Crippen molar-refractivity contribution in [2.24, 2.45) is 0 Å². The molecular formula is C8H16N2O3. The summed E-state index contributed by atoms with van der Waals surface area (Å²) in [5.41, 5.74) is 0. The number of carbonyl (C=O) groups excluding carboxylic acids is 2. The third-order valence-corrected chi connectivity index (χ3v) is 1.33. The van der Waals surface area contributed by atoms with Crippen molar-refractivity contribution in [3.8, 4) is 0 Å². The molecule has 0 aliphatic rings. The monoisotopic (exact) mass is 188 g/mol. The first-order valence-electron chi connectivity index (χ1n) is 4.27. The highest BCUT2D eigenvalue weighted by molar-refractivity contribution is 6.35. The van der Waals surface area contributed by atoms with Crippen LogP contribution in [-0.2, 0) is 14.3 Å². The van der Waals surface area contributed by atoms with Crippen LogP contribution in [0.3, 0.4) is 0 Å². The zero-order chi connectivity index (χ0) is 10.1. The fourth-order valence-corrected chi connectivity index (χ4v) is 0.666. The summed E-state index contributed by atoms with van der Waals surface area (Å²) in [4.78, 5) is 21.9. The Kier molecular flexibility index (Phi) is 6.91. The Labute approximate surface area is 77.8 Å². The molecule has 0 bridgehead atoms. The second kappa shape index (κ2) is 7.54. The van der Waals surface area contributed by atoms with Gasteiger partial charge in [-0.3, -0.25) is 9.59 Å². The predicted molar refractivity (Wildman–Crippen MR) is 48.2 cm³/mol. The van der Waals surface area contributed by atoms with Crippen LogP contribution in [0.5, 0.6) is 0 Å². The van der Waals surface area contributed by atoms with Gasteiger partial charge in [0.1, 0.15) is 0 Å². The molecule has 5 nitrogen and oxygen atoms in total. The van der Waals surface area contributed by atoms with Crippen molar-refractivity contribution >= 4 is 11.8 Å². The molecule has 0 aliphatic carbocycles. The lowest BCUT2D eigenvalue weighted by Gasteiger charge is -2.04. The number of hydrogen-bond acceptors (Lipinski definition) is 3. The van der Waals surface area contributed by atoms with Crippen molar-refractivity contribution in [2.45, 2.75) is 13.3 Å². The summed E-state index contributed by atoms with van der Waals surface area (Å²) in [6, 6.07) is 0. The van der Waals surface area contributed by atoms with Crippen LogP contribution >= 0.6 is 0 Å². The molecule has 0 unspecified atom stereocenters. The predicted octanol–water partition coefficient (Wildman–Crippen LogP) is -0.725. The van der Waals surface area contributed by atoms with Gasteiger partial charge in [0.05, 0.1) is 6.61 Å². The van der Waals surface area contributed by atoms with E-state index in [2.05, 4.69) is 10.6 Å². The Balaban J connectivity index is 3.51. The summed E-state index contributed by atoms with van der Waals surface area (Å²) in [5.74, 6) is -1.19. The lowest BCUT2D eigenvalue weighted by atomic mass is 10.4. The van der Waals surface area contributed by atoms with E-state index in [0.29, 0.717) is 19.7 Å². The van der Waals surface area contributed by atoms with Gasteiger partial charge < -0.3 is 15.4 Å². The van der Waals surface area contributed by atoms with Crippen molar-refractivity contribution in [1.82, 2.24) is 10.6 Å². The largest absolute Gasteiger partial charge is 0.383 e. The average Bonchev–Trinajstić information content (AvgIpc) is 2.14. The summed E-state index contributed by atoms with van der Waals surface area (Å²) in [5, 5.41) is 4.88. The lowest BCUT2D eigenvalue weighted by Crippen LogP contribution is -2.41. The smallest absolute Gasteiger partial charge is 0.309 e. The van der Waals surface area contributed by atoms with Crippen LogP contribution in [-0.4, -0.2) is 38.6 Å². The minimum atomic E-state index is -0.606. The molecule has 0 aromatic heterocycles. The molecule has 0 saturated heterocycles. The van der Waals surface area contributed by atoms with Crippen molar-refractivity contribution in [2.75, 3.05) is 26.8 Å². The Morgan fingerprint density at radius 3 is 2.15 bits per heavy atom. The first-order chi connectivity index (χ1) is 6.22. The minimum absolute atomic E-state index is 0.356. The summed E-state index contributed by atoms with van der Waals surface area (Å²) in [6.45, 7) is 3.21. The first-order valence-corrected chi connectivity index (χ1v) is 4.27. The topological polar surface area (TPSA) is 67.4 Å². The molecule has 0 heterocycles. The van der Waals surface area contributed by atoms with Gasteiger partial charge in [0, 0.05) is 20.2 Å². The van der Waals surface area contributed by atoms with E-state index in [-0.39, 0.29) is 0 Å². The molecule has 0 rings (SSSR count). The van der Waals surface area contributed by atoms with Crippen LogP contribution in [0.25, 0.3) is 0 Å². The number of amides is 2. The molecule has 0 radical (unpaired) electrons. The molecule has 0 saturated carbocycles. The zero-order valence-corrected chi connectivity index (χ0v) is 8.05. The van der Waals surface area contributed by atoms with Crippen molar-refractivity contribution < 1.29 is 14.3 Å². The zero-order valence-electron chi connectivity index (χ0n) is 8.05. The van der Waals surface area contributed by atoms with Gasteiger partial charge in [0.25, 0.3) is 0 Å². The van der Waals surface area contributed by atoms with Crippen LogP contribution in [0.2, 0.25) is 0 Å². The van der Waals surface area contributed by atoms with E-state index in [1.54, 1.807) is 0 Å². The molecule has 0 aliphatic heterocycles. The van der Waals surface area contributed by atoms with Gasteiger partial charge in [-0.2, -0.15) is 0 Å². The van der Waals surface area contributed by atoms with E-state index < -0.39 is 11.8 Å². The van der Waals surface area contributed by atoms with Gasteiger partial charge in [-0.15, -0.1) is 0 Å². The second-order valence-electron chi connectivity index (χ2n) is 2.50. The Morgan fingerprint density at radius 1 is 1.15 bits per heavy atom. The number of hydrogen-bond donors (Lipinski definition) is 2. The van der Waals surface area contributed by atoms with Crippen LogP contribution in [0, 0.1) is 0 Å². The number of rotatable bonds is 5. The van der Waals surface area contributed by atoms with Gasteiger partial charge >= 0.3 is 11.8 Å². The molecule has 0 aromatic carbocycles. The van der Waals surface area contributed by atoms with E-state index >= 15 is 0 Å². The Hall–Kier alpha value is -1.10. The molecule has 0 fully saturated rings. The fourth-order valence-electron chi connectivity index (χ4n) is 0.666. The third kappa shape index (κ3) is 6.10. The highest BCUT2D eigenvalue weighted by atomic mass is 16.5. The van der Waals surface area contributed by atoms with Crippen molar-refractivity contribution in [1.29, 1.82) is 0 Å². The molecule has 2 N–H and O–H groups in total. The van der Waals surface area contributed by atoms with Crippen molar-refractivity contribution in [3.05, 3.63) is 0 Å². The van der Waals surface area contributed by atoms with E-state index in [4.69, 9.17) is 4.74 Å². The van der Waals surface area contributed by atoms with E-state index in [9.17, 15) is 9.59 Å². The molecule has 13 heavy (non-hydrogen) atoms. The third-order valence-electron chi connectivity index (χ3n) is 1.33. The number of carbonyl (C=O) groups is 2. The second-order valence-corrected chi connectivity index (χ2v) is 2.50. The summed E-state index contributed by atoms with van der Waals surface area (Å²) in [7, 11) is 1.53. The van der Waals surface area contributed by atoms with E-state index in [1.807, 2.05) is 6.92 Å². The summed E-state index contributed by atoms with van der Waals surface area (Å²) in [6.07, 6.45) is 0.817.